The number of aliphatic carboxylic acids is 1. The first kappa shape index (κ1) is 16.3. The van der Waals surface area contributed by atoms with Crippen LogP contribution in [0, 0.1) is 5.92 Å². The van der Waals surface area contributed by atoms with Gasteiger partial charge in [0, 0.05) is 18.5 Å². The molecule has 1 fully saturated rings. The van der Waals surface area contributed by atoms with Crippen LogP contribution in [0.4, 0.5) is 0 Å². The molecule has 1 aromatic heterocycles. The van der Waals surface area contributed by atoms with E-state index in [0.717, 1.165) is 17.8 Å². The number of carbonyl (C=O) groups excluding carboxylic acids is 1. The Morgan fingerprint density at radius 2 is 2.29 bits per heavy atom. The highest BCUT2D eigenvalue weighted by molar-refractivity contribution is 7.16. The molecule has 1 amide bonds. The Bertz CT molecular complexity index is 520. The number of thiophene rings is 1. The average molecular weight is 331 g/mol. The molecule has 0 radical (unpaired) electrons. The zero-order chi connectivity index (χ0) is 15.4. The molecule has 1 atom stereocenters. The summed E-state index contributed by atoms with van der Waals surface area (Å²) in [6.07, 6.45) is 1.53. The van der Waals surface area contributed by atoms with E-state index >= 15 is 0 Å². The summed E-state index contributed by atoms with van der Waals surface area (Å²) in [6.45, 7) is 2.06. The van der Waals surface area contributed by atoms with E-state index in [9.17, 15) is 9.59 Å². The molecule has 1 aromatic rings. The van der Waals surface area contributed by atoms with E-state index in [4.69, 9.17) is 16.7 Å². The number of likely N-dealkylation sites (tertiary alicyclic amines) is 1. The smallest absolute Gasteiger partial charge is 0.307 e. The lowest BCUT2D eigenvalue weighted by atomic mass is 9.98. The molecule has 1 aliphatic heterocycles. The normalized spacial score (nSPS) is 19.4. The quantitative estimate of drug-likeness (QED) is 0.898. The third kappa shape index (κ3) is 4.69. The van der Waals surface area contributed by atoms with Crippen LogP contribution in [0.25, 0.3) is 0 Å². The highest BCUT2D eigenvalue weighted by Crippen LogP contribution is 2.22. The number of piperidine rings is 1. The Hall–Kier alpha value is -1.11. The van der Waals surface area contributed by atoms with Crippen molar-refractivity contribution in [2.45, 2.75) is 19.4 Å². The van der Waals surface area contributed by atoms with Gasteiger partial charge < -0.3 is 10.0 Å². The number of hydrogen-bond acceptors (Lipinski definition) is 4. The lowest BCUT2D eigenvalue weighted by Crippen LogP contribution is -2.44. The van der Waals surface area contributed by atoms with Crippen molar-refractivity contribution in [1.29, 1.82) is 0 Å². The van der Waals surface area contributed by atoms with Crippen molar-refractivity contribution in [1.82, 2.24) is 9.80 Å². The standard InChI is InChI=1S/C14H19ClN2O3S/c1-16(8-11-4-5-12(15)21-11)13(18)9-17-6-2-3-10(7-17)14(19)20/h4-5,10H,2-3,6-9H2,1H3,(H,19,20)/t10-/m0/s1. The maximum Gasteiger partial charge on any atom is 0.307 e. The number of halogens is 1. The van der Waals surface area contributed by atoms with Crippen molar-refractivity contribution in [2.75, 3.05) is 26.7 Å². The van der Waals surface area contributed by atoms with Gasteiger partial charge in [-0.25, -0.2) is 0 Å². The first-order chi connectivity index (χ1) is 9.95. The van der Waals surface area contributed by atoms with Crippen molar-refractivity contribution < 1.29 is 14.7 Å². The molecular formula is C14H19ClN2O3S. The molecule has 5 nitrogen and oxygen atoms in total. The first-order valence-electron chi connectivity index (χ1n) is 6.89. The average Bonchev–Trinajstić information content (AvgIpc) is 2.84. The first-order valence-corrected chi connectivity index (χ1v) is 8.08. The van der Waals surface area contributed by atoms with Gasteiger partial charge in [0.1, 0.15) is 0 Å². The topological polar surface area (TPSA) is 60.9 Å². The second-order valence-electron chi connectivity index (χ2n) is 5.37. The number of carboxylic acids is 1. The maximum absolute atomic E-state index is 12.2. The van der Waals surface area contributed by atoms with Gasteiger partial charge in [-0.1, -0.05) is 11.6 Å². The molecule has 7 heteroatoms. The van der Waals surface area contributed by atoms with E-state index < -0.39 is 5.97 Å². The number of carbonyl (C=O) groups is 2. The number of carboxylic acid groups (broad SMARTS) is 1. The van der Waals surface area contributed by atoms with Crippen LogP contribution in [-0.4, -0.2) is 53.5 Å². The molecule has 0 unspecified atom stereocenters. The van der Waals surface area contributed by atoms with Crippen LogP contribution in [0.3, 0.4) is 0 Å². The van der Waals surface area contributed by atoms with E-state index in [0.29, 0.717) is 23.8 Å². The SMILES string of the molecule is CN(Cc1ccc(Cl)s1)C(=O)CN1CCC[C@H](C(=O)O)C1. The Morgan fingerprint density at radius 1 is 1.52 bits per heavy atom. The summed E-state index contributed by atoms with van der Waals surface area (Å²) >= 11 is 7.34. The zero-order valence-corrected chi connectivity index (χ0v) is 13.5. The fourth-order valence-corrected chi connectivity index (χ4v) is 3.61. The van der Waals surface area contributed by atoms with Crippen LogP contribution in [-0.2, 0) is 16.1 Å². The van der Waals surface area contributed by atoms with Crippen molar-refractivity contribution >= 4 is 34.8 Å². The third-order valence-corrected chi connectivity index (χ3v) is 4.88. The van der Waals surface area contributed by atoms with Crippen molar-refractivity contribution in [3.05, 3.63) is 21.3 Å². The second-order valence-corrected chi connectivity index (χ2v) is 7.17. The number of rotatable bonds is 5. The van der Waals surface area contributed by atoms with Crippen LogP contribution in [0.5, 0.6) is 0 Å². The molecule has 1 N–H and O–H groups in total. The van der Waals surface area contributed by atoms with E-state index in [-0.39, 0.29) is 18.4 Å². The molecule has 0 spiro atoms. The van der Waals surface area contributed by atoms with Gasteiger partial charge in [0.2, 0.25) is 5.91 Å². The lowest BCUT2D eigenvalue weighted by molar-refractivity contribution is -0.144. The van der Waals surface area contributed by atoms with E-state index in [1.54, 1.807) is 11.9 Å². The minimum absolute atomic E-state index is 0.00515. The summed E-state index contributed by atoms with van der Waals surface area (Å²) in [5, 5.41) is 9.06. The summed E-state index contributed by atoms with van der Waals surface area (Å²) in [7, 11) is 1.76. The van der Waals surface area contributed by atoms with Gasteiger partial charge in [-0.05, 0) is 31.5 Å². The summed E-state index contributed by atoms with van der Waals surface area (Å²) in [4.78, 5) is 27.9. The molecule has 1 aliphatic rings. The van der Waals surface area contributed by atoms with Gasteiger partial charge in [-0.2, -0.15) is 0 Å². The maximum atomic E-state index is 12.2. The van der Waals surface area contributed by atoms with Crippen molar-refractivity contribution in [3.8, 4) is 0 Å². The van der Waals surface area contributed by atoms with Crippen LogP contribution in [0.15, 0.2) is 12.1 Å². The van der Waals surface area contributed by atoms with E-state index in [1.807, 2.05) is 17.0 Å². The van der Waals surface area contributed by atoms with E-state index in [1.165, 1.54) is 11.3 Å². The molecule has 2 heterocycles. The molecule has 0 aliphatic carbocycles. The second kappa shape index (κ2) is 7.24. The lowest BCUT2D eigenvalue weighted by Gasteiger charge is -2.31. The molecule has 2 rings (SSSR count). The number of hydrogen-bond donors (Lipinski definition) is 1. The number of likely N-dealkylation sites (N-methyl/N-ethyl adjacent to an activating group) is 1. The van der Waals surface area contributed by atoms with Gasteiger partial charge in [0.15, 0.2) is 0 Å². The van der Waals surface area contributed by atoms with Crippen LogP contribution in [0.1, 0.15) is 17.7 Å². The van der Waals surface area contributed by atoms with Crippen LogP contribution >= 0.6 is 22.9 Å². The summed E-state index contributed by atoms with van der Waals surface area (Å²) in [5.41, 5.74) is 0. The fourth-order valence-electron chi connectivity index (χ4n) is 2.47. The molecule has 0 bridgehead atoms. The summed E-state index contributed by atoms with van der Waals surface area (Å²) < 4.78 is 0.714. The Kier molecular flexibility index (Phi) is 5.61. The number of nitrogens with zero attached hydrogens (tertiary/aromatic N) is 2. The van der Waals surface area contributed by atoms with Gasteiger partial charge in [0.25, 0.3) is 0 Å². The van der Waals surface area contributed by atoms with Crippen LogP contribution in [0.2, 0.25) is 4.34 Å². The largest absolute Gasteiger partial charge is 0.481 e. The predicted molar refractivity (Wildman–Crippen MR) is 82.6 cm³/mol. The Labute approximate surface area is 133 Å². The highest BCUT2D eigenvalue weighted by Gasteiger charge is 2.27. The Morgan fingerprint density at radius 3 is 2.90 bits per heavy atom. The van der Waals surface area contributed by atoms with Gasteiger partial charge in [-0.3, -0.25) is 14.5 Å². The van der Waals surface area contributed by atoms with Gasteiger partial charge in [0.05, 0.1) is 23.3 Å². The zero-order valence-electron chi connectivity index (χ0n) is 11.9. The molecular weight excluding hydrogens is 312 g/mol. The summed E-state index contributed by atoms with van der Waals surface area (Å²) in [5.74, 6) is -1.12. The minimum atomic E-state index is -0.770. The van der Waals surface area contributed by atoms with Crippen molar-refractivity contribution in [3.63, 3.8) is 0 Å². The molecule has 1 saturated heterocycles. The highest BCUT2D eigenvalue weighted by atomic mass is 35.5. The molecule has 0 aromatic carbocycles. The van der Waals surface area contributed by atoms with E-state index in [2.05, 4.69) is 0 Å². The van der Waals surface area contributed by atoms with Crippen molar-refractivity contribution in [2.24, 2.45) is 5.92 Å². The molecule has 21 heavy (non-hydrogen) atoms. The summed E-state index contributed by atoms with van der Waals surface area (Å²) in [6, 6.07) is 3.74. The third-order valence-electron chi connectivity index (χ3n) is 3.66. The van der Waals surface area contributed by atoms with Crippen LogP contribution < -0.4 is 0 Å². The monoisotopic (exact) mass is 330 g/mol. The Balaban J connectivity index is 1.84. The predicted octanol–water partition coefficient (Wildman–Crippen LogP) is 2.16. The number of amides is 1. The molecule has 0 saturated carbocycles. The minimum Gasteiger partial charge on any atom is -0.481 e. The molecule has 116 valence electrons. The van der Waals surface area contributed by atoms with Gasteiger partial charge in [-0.15, -0.1) is 11.3 Å². The van der Waals surface area contributed by atoms with Gasteiger partial charge >= 0.3 is 5.97 Å². The fraction of sp³-hybridized carbons (Fsp3) is 0.571.